The average molecular weight is 358 g/mol. The SMILES string of the molecule is CC(C)(C)c1ccnc(N2c3ccccc3C(C)(C)c3ccc(O)cc32)c1. The first kappa shape index (κ1) is 17.6. The Balaban J connectivity index is 2.01. The number of nitrogens with zero attached hydrogens (tertiary/aromatic N) is 2. The number of aromatic hydroxyl groups is 1. The zero-order valence-corrected chi connectivity index (χ0v) is 16.6. The average Bonchev–Trinajstić information content (AvgIpc) is 2.61. The first-order valence-electron chi connectivity index (χ1n) is 9.39. The molecule has 3 heteroatoms. The van der Waals surface area contributed by atoms with E-state index in [-0.39, 0.29) is 16.6 Å². The Morgan fingerprint density at radius 3 is 2.33 bits per heavy atom. The molecule has 0 atom stereocenters. The molecule has 2 aromatic carbocycles. The van der Waals surface area contributed by atoms with Gasteiger partial charge >= 0.3 is 0 Å². The van der Waals surface area contributed by atoms with E-state index in [1.807, 2.05) is 18.3 Å². The third-order valence-corrected chi connectivity index (χ3v) is 5.55. The fraction of sp³-hybridized carbons (Fsp3) is 0.292. The van der Waals surface area contributed by atoms with Gasteiger partial charge in [0.15, 0.2) is 0 Å². The number of hydrogen-bond acceptors (Lipinski definition) is 3. The van der Waals surface area contributed by atoms with E-state index in [2.05, 4.69) is 75.9 Å². The third kappa shape index (κ3) is 2.78. The van der Waals surface area contributed by atoms with Gasteiger partial charge < -0.3 is 5.11 Å². The van der Waals surface area contributed by atoms with E-state index in [1.165, 1.54) is 16.7 Å². The van der Waals surface area contributed by atoms with Gasteiger partial charge in [-0.25, -0.2) is 4.98 Å². The lowest BCUT2D eigenvalue weighted by atomic mass is 9.73. The van der Waals surface area contributed by atoms with E-state index in [1.54, 1.807) is 6.07 Å². The lowest BCUT2D eigenvalue weighted by Gasteiger charge is -2.41. The molecule has 27 heavy (non-hydrogen) atoms. The summed E-state index contributed by atoms with van der Waals surface area (Å²) >= 11 is 0. The molecular formula is C24H26N2O. The standard InChI is InChI=1S/C24H26N2O/c1-23(2,3)16-12-13-25-22(14-16)26-20-9-7-6-8-18(20)24(4,5)19-11-10-17(27)15-21(19)26/h6-15,27H,1-5H3. The molecule has 0 fully saturated rings. The van der Waals surface area contributed by atoms with E-state index in [4.69, 9.17) is 4.98 Å². The fourth-order valence-electron chi connectivity index (χ4n) is 3.96. The van der Waals surface area contributed by atoms with Crippen LogP contribution in [0.3, 0.4) is 0 Å². The number of fused-ring (bicyclic) bond motifs is 2. The third-order valence-electron chi connectivity index (χ3n) is 5.55. The van der Waals surface area contributed by atoms with E-state index >= 15 is 0 Å². The van der Waals surface area contributed by atoms with Crippen LogP contribution in [0, 0.1) is 0 Å². The number of aromatic nitrogens is 1. The van der Waals surface area contributed by atoms with Crippen LogP contribution in [-0.2, 0) is 10.8 Å². The highest BCUT2D eigenvalue weighted by Gasteiger charge is 2.37. The molecule has 3 aromatic rings. The number of phenols is 1. The molecule has 0 radical (unpaired) electrons. The van der Waals surface area contributed by atoms with Crippen LogP contribution in [0.25, 0.3) is 0 Å². The van der Waals surface area contributed by atoms with Crippen molar-refractivity contribution in [3.63, 3.8) is 0 Å². The summed E-state index contributed by atoms with van der Waals surface area (Å²) in [5.74, 6) is 1.14. The van der Waals surface area contributed by atoms with Crippen LogP contribution in [0.5, 0.6) is 5.75 Å². The van der Waals surface area contributed by atoms with Crippen molar-refractivity contribution in [1.82, 2.24) is 4.98 Å². The van der Waals surface area contributed by atoms with Gasteiger partial charge in [0.25, 0.3) is 0 Å². The van der Waals surface area contributed by atoms with Crippen LogP contribution in [0.15, 0.2) is 60.8 Å². The van der Waals surface area contributed by atoms with Crippen molar-refractivity contribution in [3.05, 3.63) is 77.5 Å². The second-order valence-electron chi connectivity index (χ2n) is 8.83. The maximum atomic E-state index is 10.2. The van der Waals surface area contributed by atoms with E-state index in [9.17, 15) is 5.11 Å². The van der Waals surface area contributed by atoms with Crippen molar-refractivity contribution in [2.24, 2.45) is 0 Å². The van der Waals surface area contributed by atoms with E-state index in [0.29, 0.717) is 0 Å². The summed E-state index contributed by atoms with van der Waals surface area (Å²) in [5.41, 5.74) is 5.65. The van der Waals surface area contributed by atoms with Gasteiger partial charge in [0.2, 0.25) is 0 Å². The van der Waals surface area contributed by atoms with Gasteiger partial charge in [-0.1, -0.05) is 58.9 Å². The highest BCUT2D eigenvalue weighted by molar-refractivity contribution is 5.85. The summed E-state index contributed by atoms with van der Waals surface area (Å²) in [5, 5.41) is 10.2. The van der Waals surface area contributed by atoms with Crippen molar-refractivity contribution >= 4 is 17.2 Å². The Hall–Kier alpha value is -2.81. The largest absolute Gasteiger partial charge is 0.508 e. The van der Waals surface area contributed by atoms with E-state index in [0.717, 1.165) is 17.2 Å². The van der Waals surface area contributed by atoms with Crippen LogP contribution in [-0.4, -0.2) is 10.1 Å². The Morgan fingerprint density at radius 2 is 1.59 bits per heavy atom. The molecule has 0 unspecified atom stereocenters. The topological polar surface area (TPSA) is 36.4 Å². The van der Waals surface area contributed by atoms with Gasteiger partial charge in [-0.2, -0.15) is 0 Å². The zero-order chi connectivity index (χ0) is 19.4. The molecule has 1 aromatic heterocycles. The van der Waals surface area contributed by atoms with Gasteiger partial charge in [0.05, 0.1) is 11.4 Å². The summed E-state index contributed by atoms with van der Waals surface area (Å²) in [6.45, 7) is 11.1. The molecule has 2 heterocycles. The van der Waals surface area contributed by atoms with Gasteiger partial charge in [-0.3, -0.25) is 4.90 Å². The number of anilines is 3. The lowest BCUT2D eigenvalue weighted by molar-refractivity contribution is 0.474. The number of benzene rings is 2. The fourth-order valence-corrected chi connectivity index (χ4v) is 3.96. The van der Waals surface area contributed by atoms with Gasteiger partial charge in [0, 0.05) is 17.7 Å². The van der Waals surface area contributed by atoms with Crippen molar-refractivity contribution in [1.29, 1.82) is 0 Å². The van der Waals surface area contributed by atoms with Gasteiger partial charge in [0.1, 0.15) is 11.6 Å². The van der Waals surface area contributed by atoms with Crippen LogP contribution in [0.4, 0.5) is 17.2 Å². The summed E-state index contributed by atoms with van der Waals surface area (Å²) in [4.78, 5) is 6.87. The van der Waals surface area contributed by atoms with Crippen molar-refractivity contribution in [3.8, 4) is 5.75 Å². The van der Waals surface area contributed by atoms with Crippen molar-refractivity contribution in [2.45, 2.75) is 45.4 Å². The Morgan fingerprint density at radius 1 is 0.889 bits per heavy atom. The number of hydrogen-bond donors (Lipinski definition) is 1. The van der Waals surface area contributed by atoms with Crippen LogP contribution >= 0.6 is 0 Å². The summed E-state index contributed by atoms with van der Waals surface area (Å²) in [6.07, 6.45) is 1.88. The summed E-state index contributed by atoms with van der Waals surface area (Å²) in [7, 11) is 0. The molecule has 0 amide bonds. The predicted octanol–water partition coefficient (Wildman–Crippen LogP) is 6.19. The Bertz CT molecular complexity index is 1010. The summed E-state index contributed by atoms with van der Waals surface area (Å²) < 4.78 is 0. The molecule has 0 spiro atoms. The minimum absolute atomic E-state index is 0.0356. The number of para-hydroxylation sites is 1. The Kier molecular flexibility index (Phi) is 3.81. The highest BCUT2D eigenvalue weighted by Crippen LogP contribution is 2.52. The molecule has 4 rings (SSSR count). The molecule has 0 saturated carbocycles. The molecular weight excluding hydrogens is 332 g/mol. The molecule has 0 saturated heterocycles. The summed E-state index contributed by atoms with van der Waals surface area (Å²) in [6, 6.07) is 18.3. The minimum atomic E-state index is -0.155. The van der Waals surface area contributed by atoms with Crippen molar-refractivity contribution < 1.29 is 5.11 Å². The Labute approximate surface area is 161 Å². The molecule has 138 valence electrons. The van der Waals surface area contributed by atoms with Gasteiger partial charge in [-0.05, 0) is 46.4 Å². The zero-order valence-electron chi connectivity index (χ0n) is 16.6. The number of phenolic OH excluding ortho intramolecular Hbond substituents is 1. The van der Waals surface area contributed by atoms with E-state index < -0.39 is 0 Å². The molecule has 0 aliphatic carbocycles. The second-order valence-corrected chi connectivity index (χ2v) is 8.83. The maximum Gasteiger partial charge on any atom is 0.137 e. The lowest BCUT2D eigenvalue weighted by Crippen LogP contribution is -2.31. The molecule has 3 nitrogen and oxygen atoms in total. The molecule has 1 N–H and O–H groups in total. The first-order valence-corrected chi connectivity index (χ1v) is 9.39. The smallest absolute Gasteiger partial charge is 0.137 e. The van der Waals surface area contributed by atoms with Crippen molar-refractivity contribution in [2.75, 3.05) is 4.90 Å². The highest BCUT2D eigenvalue weighted by atomic mass is 16.3. The second kappa shape index (κ2) is 5.85. The maximum absolute atomic E-state index is 10.2. The van der Waals surface area contributed by atoms with Crippen LogP contribution in [0.1, 0.15) is 51.3 Å². The monoisotopic (exact) mass is 358 g/mol. The normalized spacial score (nSPS) is 15.2. The van der Waals surface area contributed by atoms with Crippen LogP contribution in [0.2, 0.25) is 0 Å². The number of pyridine rings is 1. The minimum Gasteiger partial charge on any atom is -0.508 e. The molecule has 1 aliphatic rings. The first-order chi connectivity index (χ1) is 12.7. The molecule has 0 bridgehead atoms. The predicted molar refractivity (Wildman–Crippen MR) is 111 cm³/mol. The molecule has 1 aliphatic heterocycles. The van der Waals surface area contributed by atoms with Gasteiger partial charge in [-0.15, -0.1) is 0 Å². The quantitative estimate of drug-likeness (QED) is 0.563. The number of rotatable bonds is 1. The van der Waals surface area contributed by atoms with Crippen LogP contribution < -0.4 is 4.90 Å².